The molecule has 0 spiro atoms. The van der Waals surface area contributed by atoms with Crippen LogP contribution in [0.1, 0.15) is 11.4 Å². The van der Waals surface area contributed by atoms with Crippen LogP contribution in [-0.2, 0) is 13.2 Å². The molecule has 5 rings (SSSR count). The number of hydrogen-bond donors (Lipinski definition) is 0. The van der Waals surface area contributed by atoms with Crippen molar-refractivity contribution in [2.75, 3.05) is 0 Å². The summed E-state index contributed by atoms with van der Waals surface area (Å²) in [6.07, 6.45) is 0. The second kappa shape index (κ2) is 7.72. The zero-order valence-corrected chi connectivity index (χ0v) is 17.3. The maximum atomic E-state index is 6.24. The lowest BCUT2D eigenvalue weighted by Crippen LogP contribution is -2.08. The lowest BCUT2D eigenvalue weighted by molar-refractivity contribution is 0.295. The summed E-state index contributed by atoms with van der Waals surface area (Å²) in [4.78, 5) is 4.85. The summed E-state index contributed by atoms with van der Waals surface area (Å²) in [5.74, 6) is 1.80. The Labute approximate surface area is 177 Å². The number of fused-ring (bicyclic) bond motifs is 2. The fourth-order valence-corrected chi connectivity index (χ4v) is 3.91. The first-order chi connectivity index (χ1) is 14.3. The Morgan fingerprint density at radius 2 is 1.55 bits per heavy atom. The molecule has 4 aromatic carbocycles. The van der Waals surface area contributed by atoms with Gasteiger partial charge in [-0.3, -0.25) is 0 Å². The normalized spacial score (nSPS) is 11.2. The summed E-state index contributed by atoms with van der Waals surface area (Å²) in [5.41, 5.74) is 3.33. The molecule has 0 aliphatic rings. The quantitative estimate of drug-likeness (QED) is 0.307. The van der Waals surface area contributed by atoms with Gasteiger partial charge in [-0.2, -0.15) is 0 Å². The van der Waals surface area contributed by atoms with Gasteiger partial charge in [0.1, 0.15) is 18.2 Å². The highest BCUT2D eigenvalue weighted by Gasteiger charge is 2.12. The standard InChI is InChI=1S/C25H19BrN2O/c26-20-14-12-18(13-15-20)16-28-23-10-4-3-9-22(23)27-25(28)17-29-24-11-5-7-19-6-1-2-8-21(19)24/h1-15H,16-17H2. The first kappa shape index (κ1) is 18.0. The molecular formula is C25H19BrN2O. The van der Waals surface area contributed by atoms with Crippen molar-refractivity contribution in [1.82, 2.24) is 9.55 Å². The minimum absolute atomic E-state index is 0.416. The van der Waals surface area contributed by atoms with Crippen LogP contribution in [0.5, 0.6) is 5.75 Å². The molecule has 0 radical (unpaired) electrons. The van der Waals surface area contributed by atoms with E-state index >= 15 is 0 Å². The number of imidazole rings is 1. The number of halogens is 1. The Hall–Kier alpha value is -3.11. The molecule has 0 amide bonds. The van der Waals surface area contributed by atoms with Gasteiger partial charge in [-0.15, -0.1) is 0 Å². The van der Waals surface area contributed by atoms with Crippen molar-refractivity contribution < 1.29 is 4.74 Å². The van der Waals surface area contributed by atoms with Gasteiger partial charge in [0.05, 0.1) is 11.0 Å². The monoisotopic (exact) mass is 442 g/mol. The van der Waals surface area contributed by atoms with E-state index < -0.39 is 0 Å². The molecule has 1 aromatic heterocycles. The Bertz CT molecular complexity index is 1290. The SMILES string of the molecule is Brc1ccc(Cn2c(COc3cccc4ccccc34)nc3ccccc32)cc1. The molecule has 0 aliphatic heterocycles. The van der Waals surface area contributed by atoms with Crippen LogP contribution in [-0.4, -0.2) is 9.55 Å². The van der Waals surface area contributed by atoms with E-state index in [1.54, 1.807) is 0 Å². The summed E-state index contributed by atoms with van der Waals surface area (Å²) in [6.45, 7) is 1.17. The van der Waals surface area contributed by atoms with Crippen LogP contribution in [0, 0.1) is 0 Å². The molecule has 0 saturated heterocycles. The highest BCUT2D eigenvalue weighted by atomic mass is 79.9. The molecule has 0 atom stereocenters. The van der Waals surface area contributed by atoms with Gasteiger partial charge in [0, 0.05) is 16.4 Å². The molecule has 0 N–H and O–H groups in total. The van der Waals surface area contributed by atoms with Crippen LogP contribution in [0.25, 0.3) is 21.8 Å². The van der Waals surface area contributed by atoms with Crippen molar-refractivity contribution >= 4 is 37.7 Å². The van der Waals surface area contributed by atoms with Crippen LogP contribution in [0.3, 0.4) is 0 Å². The summed E-state index contributed by atoms with van der Waals surface area (Å²) < 4.78 is 9.56. The molecule has 5 aromatic rings. The maximum absolute atomic E-state index is 6.24. The number of para-hydroxylation sites is 2. The fourth-order valence-electron chi connectivity index (χ4n) is 3.65. The highest BCUT2D eigenvalue weighted by Crippen LogP contribution is 2.27. The number of aromatic nitrogens is 2. The van der Waals surface area contributed by atoms with E-state index in [1.807, 2.05) is 30.3 Å². The number of nitrogens with zero attached hydrogens (tertiary/aromatic N) is 2. The van der Waals surface area contributed by atoms with E-state index in [9.17, 15) is 0 Å². The lowest BCUT2D eigenvalue weighted by Gasteiger charge is -2.12. The average molecular weight is 443 g/mol. The van der Waals surface area contributed by atoms with Crippen molar-refractivity contribution in [2.45, 2.75) is 13.2 Å². The van der Waals surface area contributed by atoms with Gasteiger partial charge in [-0.05, 0) is 41.3 Å². The first-order valence-corrected chi connectivity index (χ1v) is 10.4. The van der Waals surface area contributed by atoms with Crippen LogP contribution in [0.15, 0.2) is 95.5 Å². The van der Waals surface area contributed by atoms with E-state index in [1.165, 1.54) is 10.9 Å². The molecule has 142 valence electrons. The van der Waals surface area contributed by atoms with Crippen molar-refractivity contribution in [1.29, 1.82) is 0 Å². The lowest BCUT2D eigenvalue weighted by atomic mass is 10.1. The summed E-state index contributed by atoms with van der Waals surface area (Å²) in [7, 11) is 0. The Balaban J connectivity index is 1.50. The van der Waals surface area contributed by atoms with E-state index in [-0.39, 0.29) is 0 Å². The molecular weight excluding hydrogens is 424 g/mol. The third-order valence-corrected chi connectivity index (χ3v) is 5.62. The number of benzene rings is 4. The molecule has 0 fully saturated rings. The van der Waals surface area contributed by atoms with Crippen LogP contribution < -0.4 is 4.74 Å². The number of ether oxygens (including phenoxy) is 1. The van der Waals surface area contributed by atoms with Gasteiger partial charge in [0.25, 0.3) is 0 Å². The minimum Gasteiger partial charge on any atom is -0.485 e. The predicted molar refractivity (Wildman–Crippen MR) is 121 cm³/mol. The Kier molecular flexibility index (Phi) is 4.78. The summed E-state index contributed by atoms with van der Waals surface area (Å²) in [5, 5.41) is 2.29. The second-order valence-electron chi connectivity index (χ2n) is 7.00. The van der Waals surface area contributed by atoms with Crippen LogP contribution in [0.2, 0.25) is 0 Å². The number of hydrogen-bond acceptors (Lipinski definition) is 2. The van der Waals surface area contributed by atoms with Gasteiger partial charge < -0.3 is 9.30 Å². The van der Waals surface area contributed by atoms with E-state index in [0.29, 0.717) is 6.61 Å². The largest absolute Gasteiger partial charge is 0.485 e. The van der Waals surface area contributed by atoms with Gasteiger partial charge in [-0.25, -0.2) is 4.98 Å². The molecule has 29 heavy (non-hydrogen) atoms. The Morgan fingerprint density at radius 1 is 0.793 bits per heavy atom. The third-order valence-electron chi connectivity index (χ3n) is 5.09. The Morgan fingerprint density at radius 3 is 2.45 bits per heavy atom. The molecule has 1 heterocycles. The van der Waals surface area contributed by atoms with Crippen LogP contribution >= 0.6 is 15.9 Å². The van der Waals surface area contributed by atoms with Crippen molar-refractivity contribution in [3.8, 4) is 5.75 Å². The molecule has 0 saturated carbocycles. The van der Waals surface area contributed by atoms with Crippen LogP contribution in [0.4, 0.5) is 0 Å². The zero-order valence-electron chi connectivity index (χ0n) is 15.8. The van der Waals surface area contributed by atoms with Crippen molar-refractivity contribution in [2.24, 2.45) is 0 Å². The van der Waals surface area contributed by atoms with Crippen molar-refractivity contribution in [3.63, 3.8) is 0 Å². The second-order valence-corrected chi connectivity index (χ2v) is 7.91. The maximum Gasteiger partial charge on any atom is 0.148 e. The topological polar surface area (TPSA) is 27.1 Å². The molecule has 0 aliphatic carbocycles. The highest BCUT2D eigenvalue weighted by molar-refractivity contribution is 9.10. The van der Waals surface area contributed by atoms with E-state index in [2.05, 4.69) is 81.2 Å². The fraction of sp³-hybridized carbons (Fsp3) is 0.0800. The van der Waals surface area contributed by atoms with Crippen molar-refractivity contribution in [3.05, 3.63) is 107 Å². The average Bonchev–Trinajstić information content (AvgIpc) is 3.11. The predicted octanol–water partition coefficient (Wildman–Crippen LogP) is 6.58. The third kappa shape index (κ3) is 3.64. The van der Waals surface area contributed by atoms with Gasteiger partial charge in [0.2, 0.25) is 0 Å². The van der Waals surface area contributed by atoms with Gasteiger partial charge >= 0.3 is 0 Å². The molecule has 4 heteroatoms. The summed E-state index contributed by atoms with van der Waals surface area (Å²) in [6, 6.07) is 31.1. The van der Waals surface area contributed by atoms with E-state index in [4.69, 9.17) is 9.72 Å². The number of rotatable bonds is 5. The summed E-state index contributed by atoms with van der Waals surface area (Å²) >= 11 is 3.51. The molecule has 0 unspecified atom stereocenters. The first-order valence-electron chi connectivity index (χ1n) is 9.57. The zero-order chi connectivity index (χ0) is 19.6. The minimum atomic E-state index is 0.416. The molecule has 0 bridgehead atoms. The van der Waals surface area contributed by atoms with Gasteiger partial charge in [-0.1, -0.05) is 76.6 Å². The van der Waals surface area contributed by atoms with E-state index in [0.717, 1.165) is 39.0 Å². The smallest absolute Gasteiger partial charge is 0.148 e. The molecule has 3 nitrogen and oxygen atoms in total. The van der Waals surface area contributed by atoms with Gasteiger partial charge in [0.15, 0.2) is 0 Å².